The van der Waals surface area contributed by atoms with Crippen LogP contribution in [0.25, 0.3) is 10.2 Å². The van der Waals surface area contributed by atoms with Gasteiger partial charge in [-0.05, 0) is 18.2 Å². The van der Waals surface area contributed by atoms with Crippen molar-refractivity contribution in [3.05, 3.63) is 38.3 Å². The highest BCUT2D eigenvalue weighted by Crippen LogP contribution is 2.25. The predicted molar refractivity (Wildman–Crippen MR) is 55.3 cm³/mol. The second kappa shape index (κ2) is 3.51. The molecule has 2 heterocycles. The molecule has 0 aromatic carbocycles. The molecule has 72 valence electrons. The summed E-state index contributed by atoms with van der Waals surface area (Å²) in [5.74, 6) is 0. The first kappa shape index (κ1) is 9.36. The number of thiophene rings is 1. The van der Waals surface area contributed by atoms with Crippen molar-refractivity contribution in [2.75, 3.05) is 0 Å². The monoisotopic (exact) mass is 228 g/mol. The molecule has 0 unspecified atom stereocenters. The molecule has 0 amide bonds. The van der Waals surface area contributed by atoms with Crippen molar-refractivity contribution in [1.29, 1.82) is 0 Å². The molecule has 0 spiro atoms. The highest BCUT2D eigenvalue weighted by atomic mass is 35.5. The van der Waals surface area contributed by atoms with Crippen LogP contribution < -0.4 is 0 Å². The van der Waals surface area contributed by atoms with Crippen LogP contribution in [-0.2, 0) is 6.54 Å². The van der Waals surface area contributed by atoms with Crippen LogP contribution in [0.4, 0.5) is 0 Å². The van der Waals surface area contributed by atoms with Crippen molar-refractivity contribution in [1.82, 2.24) is 4.98 Å². The maximum atomic E-state index is 10.3. The van der Waals surface area contributed by atoms with E-state index in [1.54, 1.807) is 12.1 Å². The molecule has 2 aromatic heterocycles. The summed E-state index contributed by atoms with van der Waals surface area (Å²) in [4.78, 5) is 14.7. The van der Waals surface area contributed by atoms with E-state index in [9.17, 15) is 10.1 Å². The Balaban J connectivity index is 2.46. The van der Waals surface area contributed by atoms with E-state index in [0.717, 1.165) is 10.2 Å². The number of hydrogen-bond acceptors (Lipinski definition) is 4. The Kier molecular flexibility index (Phi) is 2.35. The summed E-state index contributed by atoms with van der Waals surface area (Å²) in [6.07, 6.45) is 0. The Morgan fingerprint density at radius 3 is 3.07 bits per heavy atom. The number of halogens is 1. The fraction of sp³-hybridized carbons (Fsp3) is 0.125. The number of pyridine rings is 1. The van der Waals surface area contributed by atoms with E-state index in [4.69, 9.17) is 11.6 Å². The third-order valence-corrected chi connectivity index (χ3v) is 2.96. The highest BCUT2D eigenvalue weighted by molar-refractivity contribution is 7.18. The number of aromatic nitrogens is 1. The highest BCUT2D eigenvalue weighted by Gasteiger charge is 2.07. The molecule has 2 rings (SSSR count). The van der Waals surface area contributed by atoms with Crippen LogP contribution in [0.1, 0.15) is 4.88 Å². The Labute approximate surface area is 88.3 Å². The van der Waals surface area contributed by atoms with Gasteiger partial charge in [0.15, 0.2) is 0 Å². The first-order chi connectivity index (χ1) is 6.65. The van der Waals surface area contributed by atoms with Gasteiger partial charge < -0.3 is 0 Å². The van der Waals surface area contributed by atoms with Crippen molar-refractivity contribution in [2.24, 2.45) is 0 Å². The molecule has 0 bridgehead atoms. The lowest BCUT2D eigenvalue weighted by Crippen LogP contribution is -1.94. The minimum absolute atomic E-state index is 0.154. The van der Waals surface area contributed by atoms with E-state index in [-0.39, 0.29) is 11.5 Å². The number of nitrogens with zero attached hydrogens (tertiary/aromatic N) is 2. The van der Waals surface area contributed by atoms with Gasteiger partial charge in [-0.1, -0.05) is 11.6 Å². The number of fused-ring (bicyclic) bond motifs is 1. The lowest BCUT2D eigenvalue weighted by atomic mass is 10.4. The molecule has 0 aliphatic carbocycles. The number of hydrogen-bond donors (Lipinski definition) is 0. The second-order valence-corrected chi connectivity index (χ2v) is 4.28. The molecular weight excluding hydrogens is 224 g/mol. The van der Waals surface area contributed by atoms with Crippen molar-refractivity contribution in [3.8, 4) is 0 Å². The van der Waals surface area contributed by atoms with Gasteiger partial charge in [-0.2, -0.15) is 0 Å². The normalized spacial score (nSPS) is 10.6. The lowest BCUT2D eigenvalue weighted by molar-refractivity contribution is -0.496. The summed E-state index contributed by atoms with van der Waals surface area (Å²) in [5.41, 5.74) is 0.722. The quantitative estimate of drug-likeness (QED) is 0.451. The maximum absolute atomic E-state index is 10.3. The fourth-order valence-electron chi connectivity index (χ4n) is 1.16. The van der Waals surface area contributed by atoms with Crippen LogP contribution in [0.2, 0.25) is 5.15 Å². The first-order valence-electron chi connectivity index (χ1n) is 3.82. The van der Waals surface area contributed by atoms with E-state index in [2.05, 4.69) is 4.98 Å². The molecule has 4 nitrogen and oxygen atoms in total. The molecule has 0 aliphatic rings. The summed E-state index contributed by atoms with van der Waals surface area (Å²) < 4.78 is 0.922. The van der Waals surface area contributed by atoms with Crippen LogP contribution >= 0.6 is 22.9 Å². The molecule has 2 aromatic rings. The molecule has 14 heavy (non-hydrogen) atoms. The SMILES string of the molecule is O=[N+]([O-])Cc1cc2nc(Cl)ccc2s1. The third-order valence-electron chi connectivity index (χ3n) is 1.68. The Bertz CT molecular complexity index is 497. The number of nitro groups is 1. The van der Waals surface area contributed by atoms with Crippen molar-refractivity contribution in [2.45, 2.75) is 6.54 Å². The van der Waals surface area contributed by atoms with Gasteiger partial charge in [-0.15, -0.1) is 11.3 Å². The summed E-state index contributed by atoms with van der Waals surface area (Å²) in [7, 11) is 0. The van der Waals surface area contributed by atoms with E-state index >= 15 is 0 Å². The van der Waals surface area contributed by atoms with Gasteiger partial charge in [0.1, 0.15) is 5.15 Å². The van der Waals surface area contributed by atoms with E-state index in [1.165, 1.54) is 11.3 Å². The van der Waals surface area contributed by atoms with Crippen molar-refractivity contribution in [3.63, 3.8) is 0 Å². The average Bonchev–Trinajstić information content (AvgIpc) is 2.44. The summed E-state index contributed by atoms with van der Waals surface area (Å²) in [6, 6.07) is 5.20. The topological polar surface area (TPSA) is 56.0 Å². The van der Waals surface area contributed by atoms with Crippen LogP contribution in [0, 0.1) is 10.1 Å². The van der Waals surface area contributed by atoms with Gasteiger partial charge in [0, 0.05) is 4.92 Å². The molecule has 0 radical (unpaired) electrons. The fourth-order valence-corrected chi connectivity index (χ4v) is 2.28. The molecule has 0 fully saturated rings. The molecule has 0 saturated carbocycles. The summed E-state index contributed by atoms with van der Waals surface area (Å²) >= 11 is 7.06. The van der Waals surface area contributed by atoms with Gasteiger partial charge in [-0.25, -0.2) is 4.98 Å². The smallest absolute Gasteiger partial charge is 0.238 e. The van der Waals surface area contributed by atoms with Crippen molar-refractivity contribution >= 4 is 33.2 Å². The Hall–Kier alpha value is -1.20. The van der Waals surface area contributed by atoms with Gasteiger partial charge in [0.25, 0.3) is 0 Å². The molecule has 0 atom stereocenters. The Morgan fingerprint density at radius 2 is 2.36 bits per heavy atom. The van der Waals surface area contributed by atoms with Gasteiger partial charge in [0.2, 0.25) is 6.54 Å². The standard InChI is InChI=1S/C8H5ClN2O2S/c9-8-2-1-7-6(10-8)3-5(14-7)4-11(12)13/h1-3H,4H2. The second-order valence-electron chi connectivity index (χ2n) is 2.72. The van der Waals surface area contributed by atoms with Crippen LogP contribution in [0.3, 0.4) is 0 Å². The minimum Gasteiger partial charge on any atom is -0.264 e. The van der Waals surface area contributed by atoms with Crippen LogP contribution in [0.15, 0.2) is 18.2 Å². The van der Waals surface area contributed by atoms with Gasteiger partial charge in [-0.3, -0.25) is 10.1 Å². The molecule has 6 heteroatoms. The molecule has 0 aliphatic heterocycles. The first-order valence-corrected chi connectivity index (χ1v) is 5.01. The lowest BCUT2D eigenvalue weighted by Gasteiger charge is -1.87. The molecular formula is C8H5ClN2O2S. The molecule has 0 saturated heterocycles. The zero-order valence-corrected chi connectivity index (χ0v) is 8.51. The largest absolute Gasteiger partial charge is 0.264 e. The van der Waals surface area contributed by atoms with Crippen LogP contribution in [0.5, 0.6) is 0 Å². The van der Waals surface area contributed by atoms with E-state index in [1.807, 2.05) is 6.07 Å². The third kappa shape index (κ3) is 1.83. The van der Waals surface area contributed by atoms with E-state index < -0.39 is 0 Å². The van der Waals surface area contributed by atoms with Gasteiger partial charge in [0.05, 0.1) is 15.1 Å². The summed E-state index contributed by atoms with van der Waals surface area (Å²) in [5, 5.41) is 10.7. The zero-order chi connectivity index (χ0) is 10.1. The maximum Gasteiger partial charge on any atom is 0.238 e. The Morgan fingerprint density at radius 1 is 1.57 bits per heavy atom. The molecule has 0 N–H and O–H groups in total. The van der Waals surface area contributed by atoms with E-state index in [0.29, 0.717) is 10.0 Å². The van der Waals surface area contributed by atoms with Crippen LogP contribution in [-0.4, -0.2) is 9.91 Å². The number of rotatable bonds is 2. The van der Waals surface area contributed by atoms with Gasteiger partial charge >= 0.3 is 0 Å². The predicted octanol–water partition coefficient (Wildman–Crippen LogP) is 2.73. The summed E-state index contributed by atoms with van der Waals surface area (Å²) in [6.45, 7) is -0.154. The van der Waals surface area contributed by atoms with Crippen molar-refractivity contribution < 1.29 is 4.92 Å². The zero-order valence-electron chi connectivity index (χ0n) is 6.94. The average molecular weight is 229 g/mol. The minimum atomic E-state index is -0.355.